The lowest BCUT2D eigenvalue weighted by Gasteiger charge is -2.25. The molecule has 0 rings (SSSR count). The van der Waals surface area contributed by atoms with Gasteiger partial charge in [-0.05, 0) is 33.6 Å². The van der Waals surface area contributed by atoms with Gasteiger partial charge in [-0.25, -0.2) is 0 Å². The van der Waals surface area contributed by atoms with Gasteiger partial charge in [0.1, 0.15) is 11.2 Å². The zero-order chi connectivity index (χ0) is 15.1. The summed E-state index contributed by atoms with van der Waals surface area (Å²) in [6, 6.07) is 0. The monoisotopic (exact) mass is 268 g/mol. The Labute approximate surface area is 113 Å². The van der Waals surface area contributed by atoms with Crippen LogP contribution < -0.4 is 0 Å². The molecule has 0 N–H and O–H groups in total. The van der Waals surface area contributed by atoms with E-state index in [2.05, 4.69) is 5.92 Å². The average Bonchev–Trinajstić information content (AvgIpc) is 2.33. The Kier molecular flexibility index (Phi) is 6.84. The Morgan fingerprint density at radius 1 is 1.32 bits per heavy atom. The van der Waals surface area contributed by atoms with Crippen LogP contribution in [0.3, 0.4) is 0 Å². The number of carbonyl (C=O) groups is 3. The number of hydrogen-bond acceptors (Lipinski definition) is 5. The molecule has 0 aromatic rings. The van der Waals surface area contributed by atoms with Gasteiger partial charge in [-0.3, -0.25) is 14.4 Å². The molecule has 0 bridgehead atoms. The highest BCUT2D eigenvalue weighted by atomic mass is 16.5. The molecule has 0 saturated heterocycles. The lowest BCUT2D eigenvalue weighted by atomic mass is 9.81. The smallest absolute Gasteiger partial charge is 0.319 e. The zero-order valence-electron chi connectivity index (χ0n) is 11.8. The second kappa shape index (κ2) is 7.57. The van der Waals surface area contributed by atoms with E-state index in [0.29, 0.717) is 0 Å². The van der Waals surface area contributed by atoms with Crippen LogP contribution in [0.2, 0.25) is 0 Å². The average molecular weight is 268 g/mol. The van der Waals surface area contributed by atoms with Crippen LogP contribution in [-0.4, -0.2) is 30.4 Å². The van der Waals surface area contributed by atoms with Crippen molar-refractivity contribution in [2.75, 3.05) is 6.61 Å². The third-order valence-electron chi connectivity index (χ3n) is 2.90. The van der Waals surface area contributed by atoms with E-state index in [-0.39, 0.29) is 25.2 Å². The van der Waals surface area contributed by atoms with Crippen LogP contribution in [-0.2, 0) is 23.9 Å². The van der Waals surface area contributed by atoms with Crippen molar-refractivity contribution < 1.29 is 23.9 Å². The molecule has 0 aromatic carbocycles. The molecule has 5 heteroatoms. The lowest BCUT2D eigenvalue weighted by molar-refractivity contribution is -0.159. The Morgan fingerprint density at radius 3 is 2.26 bits per heavy atom. The molecule has 0 aliphatic heterocycles. The summed E-state index contributed by atoms with van der Waals surface area (Å²) in [5, 5.41) is 0. The molecule has 0 amide bonds. The summed E-state index contributed by atoms with van der Waals surface area (Å²) >= 11 is 0. The summed E-state index contributed by atoms with van der Waals surface area (Å²) in [6.45, 7) is 5.95. The van der Waals surface area contributed by atoms with Crippen molar-refractivity contribution in [2.45, 2.75) is 46.6 Å². The van der Waals surface area contributed by atoms with Crippen LogP contribution in [0.5, 0.6) is 0 Å². The van der Waals surface area contributed by atoms with Crippen molar-refractivity contribution in [1.29, 1.82) is 0 Å². The first kappa shape index (κ1) is 17.2. The van der Waals surface area contributed by atoms with Gasteiger partial charge in [-0.2, -0.15) is 0 Å². The molecule has 0 saturated carbocycles. The van der Waals surface area contributed by atoms with Crippen molar-refractivity contribution in [3.05, 3.63) is 0 Å². The van der Waals surface area contributed by atoms with Crippen LogP contribution in [0.1, 0.15) is 40.5 Å². The minimum Gasteiger partial charge on any atom is -0.465 e. The van der Waals surface area contributed by atoms with E-state index < -0.39 is 23.5 Å². The molecule has 0 aliphatic rings. The van der Waals surface area contributed by atoms with E-state index in [9.17, 15) is 14.4 Å². The van der Waals surface area contributed by atoms with Crippen LogP contribution >= 0.6 is 0 Å². The van der Waals surface area contributed by atoms with Crippen LogP contribution in [0.15, 0.2) is 0 Å². The van der Waals surface area contributed by atoms with E-state index >= 15 is 0 Å². The maximum absolute atomic E-state index is 11.8. The van der Waals surface area contributed by atoms with Gasteiger partial charge in [0.05, 0.1) is 6.61 Å². The normalized spacial score (nSPS) is 14.7. The van der Waals surface area contributed by atoms with Gasteiger partial charge in [0.2, 0.25) is 0 Å². The molecule has 106 valence electrons. The van der Waals surface area contributed by atoms with Crippen molar-refractivity contribution in [2.24, 2.45) is 5.41 Å². The molecule has 0 aliphatic carbocycles. The number of Topliss-reactive ketones (excluding diaryl/α,β-unsaturated/α-hetero) is 1. The van der Waals surface area contributed by atoms with Crippen LogP contribution in [0.25, 0.3) is 0 Å². The first-order chi connectivity index (χ1) is 8.77. The number of carbonyl (C=O) groups excluding carboxylic acids is 3. The molecule has 0 aromatic heterocycles. The number of esters is 2. The molecule has 2 atom stereocenters. The first-order valence-electron chi connectivity index (χ1n) is 6.09. The molecule has 0 fully saturated rings. The van der Waals surface area contributed by atoms with Gasteiger partial charge in [0, 0.05) is 6.92 Å². The van der Waals surface area contributed by atoms with Crippen molar-refractivity contribution >= 4 is 17.7 Å². The number of terminal acetylenes is 1. The van der Waals surface area contributed by atoms with Crippen LogP contribution in [0.4, 0.5) is 0 Å². The minimum absolute atomic E-state index is 0.170. The SMILES string of the molecule is C#CC(CCC(C)(C(C)=O)C(=O)OCC)OC(C)=O. The summed E-state index contributed by atoms with van der Waals surface area (Å²) in [5.74, 6) is 0.929. The maximum atomic E-state index is 11.8. The molecule has 5 nitrogen and oxygen atoms in total. The topological polar surface area (TPSA) is 69.7 Å². The fourth-order valence-corrected chi connectivity index (χ4v) is 1.51. The molecule has 0 spiro atoms. The van der Waals surface area contributed by atoms with Crippen molar-refractivity contribution in [3.8, 4) is 12.3 Å². The summed E-state index contributed by atoms with van der Waals surface area (Å²) in [6.07, 6.45) is 4.89. The van der Waals surface area contributed by atoms with Gasteiger partial charge in [0.15, 0.2) is 6.10 Å². The fraction of sp³-hybridized carbons (Fsp3) is 0.643. The molecule has 2 unspecified atom stereocenters. The third-order valence-corrected chi connectivity index (χ3v) is 2.90. The van der Waals surface area contributed by atoms with Gasteiger partial charge < -0.3 is 9.47 Å². The maximum Gasteiger partial charge on any atom is 0.319 e. The summed E-state index contributed by atoms with van der Waals surface area (Å²) < 4.78 is 9.77. The van der Waals surface area contributed by atoms with Gasteiger partial charge >= 0.3 is 11.9 Å². The fourth-order valence-electron chi connectivity index (χ4n) is 1.51. The van der Waals surface area contributed by atoms with E-state index in [1.165, 1.54) is 20.8 Å². The highest BCUT2D eigenvalue weighted by Gasteiger charge is 2.40. The van der Waals surface area contributed by atoms with Crippen molar-refractivity contribution in [1.82, 2.24) is 0 Å². The summed E-state index contributed by atoms with van der Waals surface area (Å²) in [5.41, 5.74) is -1.26. The highest BCUT2D eigenvalue weighted by Crippen LogP contribution is 2.27. The Balaban J connectivity index is 4.77. The van der Waals surface area contributed by atoms with Crippen molar-refractivity contribution in [3.63, 3.8) is 0 Å². The second-order valence-electron chi connectivity index (χ2n) is 4.41. The van der Waals surface area contributed by atoms with E-state index in [4.69, 9.17) is 15.9 Å². The molecular weight excluding hydrogens is 248 g/mol. The number of hydrogen-bond donors (Lipinski definition) is 0. The molecule has 19 heavy (non-hydrogen) atoms. The third kappa shape index (κ3) is 5.12. The minimum atomic E-state index is -1.26. The molecule has 0 heterocycles. The Bertz CT molecular complexity index is 393. The first-order valence-corrected chi connectivity index (χ1v) is 6.09. The predicted octanol–water partition coefficient (Wildman–Crippen LogP) is 1.49. The summed E-state index contributed by atoms with van der Waals surface area (Å²) in [4.78, 5) is 34.3. The number of ketones is 1. The Morgan fingerprint density at radius 2 is 1.89 bits per heavy atom. The predicted molar refractivity (Wildman–Crippen MR) is 69.0 cm³/mol. The summed E-state index contributed by atoms with van der Waals surface area (Å²) in [7, 11) is 0. The van der Waals surface area contributed by atoms with E-state index in [1.807, 2.05) is 0 Å². The lowest BCUT2D eigenvalue weighted by Crippen LogP contribution is -2.37. The highest BCUT2D eigenvalue weighted by molar-refractivity contribution is 6.02. The largest absolute Gasteiger partial charge is 0.465 e. The van der Waals surface area contributed by atoms with Gasteiger partial charge in [-0.1, -0.05) is 5.92 Å². The standard InChI is InChI=1S/C14H20O5/c1-6-12(19-11(4)16)8-9-14(5,10(3)15)13(17)18-7-2/h1,12H,7-9H2,2-5H3. The zero-order valence-corrected chi connectivity index (χ0v) is 11.8. The van der Waals surface area contributed by atoms with E-state index in [0.717, 1.165) is 0 Å². The second-order valence-corrected chi connectivity index (χ2v) is 4.41. The molecular formula is C14H20O5. The quantitative estimate of drug-likeness (QED) is 0.397. The van der Waals surface area contributed by atoms with Gasteiger partial charge in [-0.15, -0.1) is 6.42 Å². The molecule has 0 radical (unpaired) electrons. The van der Waals surface area contributed by atoms with Crippen LogP contribution in [0, 0.1) is 17.8 Å². The van der Waals surface area contributed by atoms with Gasteiger partial charge in [0.25, 0.3) is 0 Å². The number of ether oxygens (including phenoxy) is 2. The Hall–Kier alpha value is -1.83. The number of rotatable bonds is 7. The van der Waals surface area contributed by atoms with E-state index in [1.54, 1.807) is 6.92 Å².